The monoisotopic (exact) mass is 383 g/mol. The van der Waals surface area contributed by atoms with E-state index in [1.54, 1.807) is 42.5 Å². The van der Waals surface area contributed by atoms with Crippen molar-refractivity contribution in [2.75, 3.05) is 26.2 Å². The van der Waals surface area contributed by atoms with Crippen LogP contribution in [0.2, 0.25) is 0 Å². The number of non-ortho nitro benzene ring substituents is 1. The molecular weight excluding hydrogens is 366 g/mol. The summed E-state index contributed by atoms with van der Waals surface area (Å²) >= 11 is 0. The van der Waals surface area contributed by atoms with Gasteiger partial charge in [-0.2, -0.15) is 4.31 Å². The van der Waals surface area contributed by atoms with Crippen LogP contribution in [0, 0.1) is 10.1 Å². The Hall–Kier alpha value is -2.00. The van der Waals surface area contributed by atoms with Crippen molar-refractivity contribution in [1.82, 2.24) is 4.31 Å². The summed E-state index contributed by atoms with van der Waals surface area (Å²) in [7, 11) is -3.45. The number of hydrogen-bond acceptors (Lipinski definition) is 4. The van der Waals surface area contributed by atoms with Gasteiger partial charge in [0.05, 0.1) is 36.0 Å². The number of nitro benzene ring substituents is 1. The van der Waals surface area contributed by atoms with Crippen LogP contribution in [0.25, 0.3) is 0 Å². The predicted octanol–water partition coefficient (Wildman–Crippen LogP) is -2.18. The van der Waals surface area contributed by atoms with Crippen LogP contribution in [0.1, 0.15) is 0 Å². The van der Waals surface area contributed by atoms with Crippen molar-refractivity contribution in [2.45, 2.75) is 4.90 Å². The SMILES string of the molecule is O=[N+]([O-])c1ccc([NH+]2CCN(S(=O)(=O)c3ccccc3)CC2)cc1.[Cl-]. The minimum atomic E-state index is -3.45. The van der Waals surface area contributed by atoms with E-state index >= 15 is 0 Å². The lowest BCUT2D eigenvalue weighted by atomic mass is 10.2. The van der Waals surface area contributed by atoms with Gasteiger partial charge in [0.15, 0.2) is 0 Å². The van der Waals surface area contributed by atoms with Gasteiger partial charge in [0.25, 0.3) is 5.69 Å². The average molecular weight is 384 g/mol. The molecule has 0 amide bonds. The summed E-state index contributed by atoms with van der Waals surface area (Å²) in [5.41, 5.74) is 1.00. The fourth-order valence-corrected chi connectivity index (χ4v) is 4.31. The molecule has 0 bridgehead atoms. The first-order valence-electron chi connectivity index (χ1n) is 7.63. The number of nitrogens with one attached hydrogen (secondary N) is 1. The quantitative estimate of drug-likeness (QED) is 0.480. The molecule has 3 rings (SSSR count). The molecule has 0 aromatic heterocycles. The Morgan fingerprint density at radius 1 is 0.960 bits per heavy atom. The predicted molar refractivity (Wildman–Crippen MR) is 88.7 cm³/mol. The van der Waals surface area contributed by atoms with Crippen LogP contribution in [0.3, 0.4) is 0 Å². The van der Waals surface area contributed by atoms with Crippen molar-refractivity contribution in [2.24, 2.45) is 0 Å². The van der Waals surface area contributed by atoms with Crippen molar-refractivity contribution in [3.63, 3.8) is 0 Å². The van der Waals surface area contributed by atoms with E-state index in [1.807, 2.05) is 0 Å². The van der Waals surface area contributed by atoms with Gasteiger partial charge in [-0.05, 0) is 12.1 Å². The highest BCUT2D eigenvalue weighted by Gasteiger charge is 2.31. The van der Waals surface area contributed by atoms with E-state index in [-0.39, 0.29) is 18.1 Å². The minimum Gasteiger partial charge on any atom is -1.00 e. The summed E-state index contributed by atoms with van der Waals surface area (Å²) in [5.74, 6) is 0. The number of piperazine rings is 1. The summed E-state index contributed by atoms with van der Waals surface area (Å²) in [6.45, 7) is 2.10. The second-order valence-corrected chi connectivity index (χ2v) is 7.56. The first-order chi connectivity index (χ1) is 11.5. The third-order valence-corrected chi connectivity index (χ3v) is 6.11. The summed E-state index contributed by atoms with van der Waals surface area (Å²) in [4.78, 5) is 11.7. The smallest absolute Gasteiger partial charge is 0.269 e. The zero-order chi connectivity index (χ0) is 17.2. The van der Waals surface area contributed by atoms with E-state index < -0.39 is 14.9 Å². The van der Waals surface area contributed by atoms with E-state index in [0.29, 0.717) is 31.1 Å². The summed E-state index contributed by atoms with van der Waals surface area (Å²) < 4.78 is 26.7. The molecule has 2 aromatic rings. The van der Waals surface area contributed by atoms with Gasteiger partial charge in [-0.25, -0.2) is 8.42 Å². The minimum absolute atomic E-state index is 0. The van der Waals surface area contributed by atoms with Crippen LogP contribution in [-0.4, -0.2) is 43.8 Å². The van der Waals surface area contributed by atoms with Gasteiger partial charge in [0.1, 0.15) is 5.69 Å². The molecule has 0 unspecified atom stereocenters. The highest BCUT2D eigenvalue weighted by Crippen LogP contribution is 2.16. The van der Waals surface area contributed by atoms with Crippen molar-refractivity contribution < 1.29 is 30.6 Å². The summed E-state index contributed by atoms with van der Waals surface area (Å²) in [5, 5.41) is 10.7. The van der Waals surface area contributed by atoms with Crippen molar-refractivity contribution in [3.8, 4) is 0 Å². The molecule has 0 atom stereocenters. The number of sulfonamides is 1. The van der Waals surface area contributed by atoms with Gasteiger partial charge < -0.3 is 17.3 Å². The maximum Gasteiger partial charge on any atom is 0.269 e. The van der Waals surface area contributed by atoms with Gasteiger partial charge in [-0.3, -0.25) is 10.1 Å². The maximum atomic E-state index is 12.6. The van der Waals surface area contributed by atoms with Crippen LogP contribution < -0.4 is 17.3 Å². The number of hydrogen-bond donors (Lipinski definition) is 1. The van der Waals surface area contributed by atoms with Gasteiger partial charge in [-0.15, -0.1) is 0 Å². The lowest BCUT2D eigenvalue weighted by Crippen LogP contribution is -3.10. The molecule has 0 saturated carbocycles. The molecule has 1 saturated heterocycles. The van der Waals surface area contributed by atoms with E-state index in [2.05, 4.69) is 0 Å². The molecule has 1 N–H and O–H groups in total. The van der Waals surface area contributed by atoms with Crippen LogP contribution in [0.4, 0.5) is 11.4 Å². The molecule has 1 fully saturated rings. The third kappa shape index (κ3) is 4.16. The van der Waals surface area contributed by atoms with Crippen molar-refractivity contribution >= 4 is 21.4 Å². The van der Waals surface area contributed by atoms with Crippen LogP contribution >= 0.6 is 0 Å². The normalized spacial score (nSPS) is 16.2. The largest absolute Gasteiger partial charge is 1.00 e. The Kier molecular flexibility index (Phi) is 6.12. The number of halogens is 1. The summed E-state index contributed by atoms with van der Waals surface area (Å²) in [6, 6.07) is 14.8. The zero-order valence-electron chi connectivity index (χ0n) is 13.3. The maximum absolute atomic E-state index is 12.6. The molecule has 134 valence electrons. The molecule has 2 aromatic carbocycles. The van der Waals surface area contributed by atoms with Gasteiger partial charge in [0.2, 0.25) is 10.0 Å². The lowest BCUT2D eigenvalue weighted by molar-refractivity contribution is -0.837. The zero-order valence-corrected chi connectivity index (χ0v) is 14.9. The van der Waals surface area contributed by atoms with Crippen LogP contribution in [-0.2, 0) is 10.0 Å². The first-order valence-corrected chi connectivity index (χ1v) is 9.07. The first kappa shape index (κ1) is 19.3. The average Bonchev–Trinajstić information content (AvgIpc) is 2.62. The van der Waals surface area contributed by atoms with Gasteiger partial charge >= 0.3 is 0 Å². The highest BCUT2D eigenvalue weighted by molar-refractivity contribution is 7.89. The number of quaternary nitrogens is 1. The Morgan fingerprint density at radius 2 is 1.52 bits per heavy atom. The highest BCUT2D eigenvalue weighted by atomic mass is 35.5. The molecule has 0 aliphatic carbocycles. The second-order valence-electron chi connectivity index (χ2n) is 5.62. The van der Waals surface area contributed by atoms with Crippen LogP contribution in [0.5, 0.6) is 0 Å². The molecule has 0 radical (unpaired) electrons. The Balaban J connectivity index is 0.00000225. The van der Waals surface area contributed by atoms with E-state index in [4.69, 9.17) is 0 Å². The molecule has 7 nitrogen and oxygen atoms in total. The molecular formula is C16H18ClN3O4S. The molecule has 0 spiro atoms. The number of benzene rings is 2. The third-order valence-electron chi connectivity index (χ3n) is 4.19. The van der Waals surface area contributed by atoms with E-state index in [0.717, 1.165) is 10.6 Å². The Labute approximate surface area is 152 Å². The number of nitro groups is 1. The molecule has 1 aliphatic heterocycles. The fraction of sp³-hybridized carbons (Fsp3) is 0.250. The van der Waals surface area contributed by atoms with Crippen LogP contribution in [0.15, 0.2) is 59.5 Å². The molecule has 1 aliphatic rings. The number of nitrogens with zero attached hydrogens (tertiary/aromatic N) is 2. The van der Waals surface area contributed by atoms with E-state index in [1.165, 1.54) is 16.4 Å². The second kappa shape index (κ2) is 7.92. The number of rotatable bonds is 4. The Morgan fingerprint density at radius 3 is 2.04 bits per heavy atom. The molecule has 9 heteroatoms. The molecule has 1 heterocycles. The Bertz CT molecular complexity index is 820. The lowest BCUT2D eigenvalue weighted by Gasteiger charge is -2.31. The van der Waals surface area contributed by atoms with Crippen molar-refractivity contribution in [1.29, 1.82) is 0 Å². The van der Waals surface area contributed by atoms with E-state index in [9.17, 15) is 18.5 Å². The standard InChI is InChI=1S/C16H17N3O4S.ClH/c20-19(21)15-8-6-14(7-9-15)17-10-12-18(13-11-17)24(22,23)16-4-2-1-3-5-16;/h1-9H,10-13H2;1H. The summed E-state index contributed by atoms with van der Waals surface area (Å²) in [6.07, 6.45) is 0. The molecule has 25 heavy (non-hydrogen) atoms. The van der Waals surface area contributed by atoms with Gasteiger partial charge in [-0.1, -0.05) is 18.2 Å². The fourth-order valence-electron chi connectivity index (χ4n) is 2.85. The van der Waals surface area contributed by atoms with Gasteiger partial charge in [0, 0.05) is 24.3 Å². The van der Waals surface area contributed by atoms with Crippen molar-refractivity contribution in [3.05, 3.63) is 64.7 Å². The topological polar surface area (TPSA) is 85.0 Å².